The Labute approximate surface area is 132 Å². The van der Waals surface area contributed by atoms with Gasteiger partial charge in [0.1, 0.15) is 5.82 Å². The lowest BCUT2D eigenvalue weighted by atomic mass is 10.2. The molecule has 5 heteroatoms. The summed E-state index contributed by atoms with van der Waals surface area (Å²) >= 11 is 0. The molecule has 3 rings (SSSR count). The molecule has 0 saturated carbocycles. The van der Waals surface area contributed by atoms with Gasteiger partial charge in [-0.1, -0.05) is 0 Å². The van der Waals surface area contributed by atoms with Crippen molar-refractivity contribution in [3.63, 3.8) is 0 Å². The maximum absolute atomic E-state index is 4.26. The van der Waals surface area contributed by atoms with Crippen molar-refractivity contribution in [2.24, 2.45) is 0 Å². The van der Waals surface area contributed by atoms with Crippen LogP contribution in [-0.4, -0.2) is 66.1 Å². The highest BCUT2D eigenvalue weighted by Gasteiger charge is 2.12. The first-order chi connectivity index (χ1) is 10.8. The topological polar surface area (TPSA) is 47.2 Å². The number of H-pyrrole nitrogens is 1. The van der Waals surface area contributed by atoms with Crippen molar-refractivity contribution in [3.05, 3.63) is 36.7 Å². The van der Waals surface area contributed by atoms with Gasteiger partial charge < -0.3 is 20.1 Å². The minimum atomic E-state index is 0.918. The molecule has 1 aromatic heterocycles. The Balaban J connectivity index is 1.39. The van der Waals surface area contributed by atoms with Gasteiger partial charge in [0.25, 0.3) is 0 Å². The van der Waals surface area contributed by atoms with Crippen molar-refractivity contribution < 1.29 is 0 Å². The number of nitrogens with zero attached hydrogens (tertiary/aromatic N) is 3. The Morgan fingerprint density at radius 3 is 2.59 bits per heavy atom. The van der Waals surface area contributed by atoms with Crippen molar-refractivity contribution >= 4 is 5.69 Å². The second-order valence-corrected chi connectivity index (χ2v) is 5.94. The summed E-state index contributed by atoms with van der Waals surface area (Å²) in [6.45, 7) is 7.00. The van der Waals surface area contributed by atoms with Gasteiger partial charge in [-0.15, -0.1) is 0 Å². The molecule has 1 saturated heterocycles. The second kappa shape index (κ2) is 7.42. The first kappa shape index (κ1) is 15.1. The molecular formula is C17H25N5. The summed E-state index contributed by atoms with van der Waals surface area (Å²) in [5.41, 5.74) is 2.29. The predicted octanol–water partition coefficient (Wildman–Crippen LogP) is 2.13. The first-order valence-electron chi connectivity index (χ1n) is 8.06. The number of aromatic nitrogens is 2. The SMILES string of the molecule is CN1CCN(CCCNc2ccc(-c3ncc[nH]3)cc2)CC1. The predicted molar refractivity (Wildman–Crippen MR) is 91.1 cm³/mol. The number of rotatable bonds is 6. The highest BCUT2D eigenvalue weighted by molar-refractivity contribution is 5.59. The van der Waals surface area contributed by atoms with Gasteiger partial charge >= 0.3 is 0 Å². The molecule has 1 aliphatic heterocycles. The Hall–Kier alpha value is -1.85. The lowest BCUT2D eigenvalue weighted by Crippen LogP contribution is -2.44. The van der Waals surface area contributed by atoms with E-state index in [1.54, 1.807) is 6.20 Å². The third kappa shape index (κ3) is 4.08. The van der Waals surface area contributed by atoms with Gasteiger partial charge in [0.2, 0.25) is 0 Å². The molecular weight excluding hydrogens is 274 g/mol. The van der Waals surface area contributed by atoms with E-state index in [2.05, 4.69) is 56.4 Å². The number of imidazole rings is 1. The maximum Gasteiger partial charge on any atom is 0.137 e. The standard InChI is InChI=1S/C17H25N5/c1-21-11-13-22(14-12-21)10-2-7-18-16-5-3-15(4-6-16)17-19-8-9-20-17/h3-6,8-9,18H,2,7,10-14H2,1H3,(H,19,20). The van der Waals surface area contributed by atoms with Gasteiger partial charge in [-0.3, -0.25) is 0 Å². The van der Waals surface area contributed by atoms with Crippen LogP contribution in [0.5, 0.6) is 0 Å². The summed E-state index contributed by atoms with van der Waals surface area (Å²) < 4.78 is 0. The fraction of sp³-hybridized carbons (Fsp3) is 0.471. The summed E-state index contributed by atoms with van der Waals surface area (Å²) in [6.07, 6.45) is 4.81. The molecule has 0 bridgehead atoms. The Kier molecular flexibility index (Phi) is 5.08. The molecule has 0 radical (unpaired) electrons. The smallest absolute Gasteiger partial charge is 0.137 e. The summed E-state index contributed by atoms with van der Waals surface area (Å²) in [6, 6.07) is 8.44. The molecule has 5 nitrogen and oxygen atoms in total. The molecule has 0 spiro atoms. The Morgan fingerprint density at radius 2 is 1.91 bits per heavy atom. The monoisotopic (exact) mass is 299 g/mol. The zero-order valence-corrected chi connectivity index (χ0v) is 13.3. The van der Waals surface area contributed by atoms with Crippen LogP contribution in [0.3, 0.4) is 0 Å². The lowest BCUT2D eigenvalue weighted by molar-refractivity contribution is 0.154. The molecule has 0 amide bonds. The fourth-order valence-corrected chi connectivity index (χ4v) is 2.78. The maximum atomic E-state index is 4.26. The summed E-state index contributed by atoms with van der Waals surface area (Å²) in [7, 11) is 2.20. The van der Waals surface area contributed by atoms with E-state index >= 15 is 0 Å². The molecule has 1 fully saturated rings. The largest absolute Gasteiger partial charge is 0.385 e. The quantitative estimate of drug-likeness (QED) is 0.802. The van der Waals surface area contributed by atoms with E-state index in [1.807, 2.05) is 6.20 Å². The molecule has 1 aromatic carbocycles. The van der Waals surface area contributed by atoms with Crippen LogP contribution in [0, 0.1) is 0 Å². The van der Waals surface area contributed by atoms with Crippen LogP contribution in [0.4, 0.5) is 5.69 Å². The summed E-state index contributed by atoms with van der Waals surface area (Å²) in [5, 5.41) is 3.50. The third-order valence-corrected chi connectivity index (χ3v) is 4.23. The number of piperazine rings is 1. The number of aromatic amines is 1. The number of hydrogen-bond donors (Lipinski definition) is 2. The fourth-order valence-electron chi connectivity index (χ4n) is 2.78. The average Bonchev–Trinajstić information content (AvgIpc) is 3.08. The highest BCUT2D eigenvalue weighted by Crippen LogP contribution is 2.17. The molecule has 22 heavy (non-hydrogen) atoms. The van der Waals surface area contributed by atoms with Crippen molar-refractivity contribution in [1.29, 1.82) is 0 Å². The molecule has 1 aliphatic rings. The molecule has 118 valence electrons. The summed E-state index contributed by atoms with van der Waals surface area (Å²) in [5.74, 6) is 0.918. The molecule has 2 heterocycles. The van der Waals surface area contributed by atoms with Crippen LogP contribution in [0.15, 0.2) is 36.7 Å². The van der Waals surface area contributed by atoms with Crippen molar-refractivity contribution in [1.82, 2.24) is 19.8 Å². The van der Waals surface area contributed by atoms with Crippen LogP contribution >= 0.6 is 0 Å². The van der Waals surface area contributed by atoms with E-state index in [-0.39, 0.29) is 0 Å². The number of anilines is 1. The van der Waals surface area contributed by atoms with Gasteiger partial charge in [0, 0.05) is 56.4 Å². The lowest BCUT2D eigenvalue weighted by Gasteiger charge is -2.32. The van der Waals surface area contributed by atoms with Gasteiger partial charge in [0.05, 0.1) is 0 Å². The van der Waals surface area contributed by atoms with Crippen molar-refractivity contribution in [3.8, 4) is 11.4 Å². The van der Waals surface area contributed by atoms with Gasteiger partial charge in [-0.25, -0.2) is 4.98 Å². The van der Waals surface area contributed by atoms with Crippen molar-refractivity contribution in [2.45, 2.75) is 6.42 Å². The van der Waals surface area contributed by atoms with Crippen LogP contribution < -0.4 is 5.32 Å². The van der Waals surface area contributed by atoms with E-state index in [0.717, 1.165) is 17.9 Å². The minimum Gasteiger partial charge on any atom is -0.385 e. The van der Waals surface area contributed by atoms with E-state index in [1.165, 1.54) is 44.8 Å². The van der Waals surface area contributed by atoms with Crippen molar-refractivity contribution in [2.75, 3.05) is 51.6 Å². The van der Waals surface area contributed by atoms with Crippen LogP contribution in [0.25, 0.3) is 11.4 Å². The Bertz CT molecular complexity index is 541. The molecule has 0 atom stereocenters. The first-order valence-corrected chi connectivity index (χ1v) is 8.06. The van der Waals surface area contributed by atoms with Crippen LogP contribution in [-0.2, 0) is 0 Å². The van der Waals surface area contributed by atoms with Gasteiger partial charge in [-0.05, 0) is 44.3 Å². The number of benzene rings is 1. The van der Waals surface area contributed by atoms with Crippen LogP contribution in [0.2, 0.25) is 0 Å². The highest BCUT2D eigenvalue weighted by atomic mass is 15.2. The van der Waals surface area contributed by atoms with E-state index in [9.17, 15) is 0 Å². The Morgan fingerprint density at radius 1 is 1.14 bits per heavy atom. The van der Waals surface area contributed by atoms with Crippen LogP contribution in [0.1, 0.15) is 6.42 Å². The number of hydrogen-bond acceptors (Lipinski definition) is 4. The minimum absolute atomic E-state index is 0.918. The average molecular weight is 299 g/mol. The molecule has 2 N–H and O–H groups in total. The van der Waals surface area contributed by atoms with E-state index in [0.29, 0.717) is 0 Å². The zero-order chi connectivity index (χ0) is 15.2. The van der Waals surface area contributed by atoms with E-state index < -0.39 is 0 Å². The third-order valence-electron chi connectivity index (χ3n) is 4.23. The van der Waals surface area contributed by atoms with Gasteiger partial charge in [0.15, 0.2) is 0 Å². The summed E-state index contributed by atoms with van der Waals surface area (Å²) in [4.78, 5) is 12.3. The van der Waals surface area contributed by atoms with Gasteiger partial charge in [-0.2, -0.15) is 0 Å². The zero-order valence-electron chi connectivity index (χ0n) is 13.3. The normalized spacial score (nSPS) is 16.8. The molecule has 2 aromatic rings. The molecule has 0 unspecified atom stereocenters. The second-order valence-electron chi connectivity index (χ2n) is 5.94. The number of likely N-dealkylation sites (N-methyl/N-ethyl adjacent to an activating group) is 1. The van der Waals surface area contributed by atoms with E-state index in [4.69, 9.17) is 0 Å². The number of nitrogens with one attached hydrogen (secondary N) is 2. The molecule has 0 aliphatic carbocycles.